The molecule has 1 aliphatic heterocycles. The number of carbonyl (C=O) groups excluding carboxylic acids is 1. The molecule has 13 nitrogen and oxygen atoms in total. The molecule has 1 aliphatic rings. The van der Waals surface area contributed by atoms with Gasteiger partial charge in [-0.1, -0.05) is 13.8 Å². The fraction of sp³-hybridized carbons (Fsp3) is 0.826. The lowest BCUT2D eigenvalue weighted by Gasteiger charge is -2.32. The first-order chi connectivity index (χ1) is 17.0. The summed E-state index contributed by atoms with van der Waals surface area (Å²) in [6.07, 6.45) is 0.954. The van der Waals surface area contributed by atoms with E-state index >= 15 is 0 Å². The van der Waals surface area contributed by atoms with E-state index < -0.39 is 17.9 Å². The van der Waals surface area contributed by atoms with E-state index in [1.165, 1.54) is 0 Å². The molecule has 0 aliphatic carbocycles. The molecule has 4 N–H and O–H groups in total. The predicted octanol–water partition coefficient (Wildman–Crippen LogP) is -1.36. The average molecular weight is 518 g/mol. The highest BCUT2D eigenvalue weighted by molar-refractivity contribution is 5.78. The van der Waals surface area contributed by atoms with Gasteiger partial charge in [-0.05, 0) is 12.3 Å². The van der Waals surface area contributed by atoms with Crippen LogP contribution in [0.5, 0.6) is 0 Å². The van der Waals surface area contributed by atoms with Crippen LogP contribution in [-0.2, 0) is 23.9 Å². The van der Waals surface area contributed by atoms with Crippen LogP contribution in [0.2, 0.25) is 0 Å². The number of amides is 1. The van der Waals surface area contributed by atoms with Gasteiger partial charge < -0.3 is 25.4 Å². The Kier molecular flexibility index (Phi) is 15.9. The summed E-state index contributed by atoms with van der Waals surface area (Å²) >= 11 is 0. The molecule has 0 aromatic carbocycles. The largest absolute Gasteiger partial charge is 0.480 e. The summed E-state index contributed by atoms with van der Waals surface area (Å²) in [6, 6.07) is 0. The van der Waals surface area contributed by atoms with Gasteiger partial charge in [-0.3, -0.25) is 38.8 Å². The average Bonchev–Trinajstić information content (AvgIpc) is 2.76. The second-order valence-electron chi connectivity index (χ2n) is 9.43. The Morgan fingerprint density at radius 3 is 1.36 bits per heavy atom. The van der Waals surface area contributed by atoms with E-state index in [4.69, 9.17) is 4.74 Å². The Morgan fingerprint density at radius 1 is 0.667 bits per heavy atom. The summed E-state index contributed by atoms with van der Waals surface area (Å²) in [5.74, 6) is -2.60. The number of nitrogens with zero attached hydrogens (tertiary/aromatic N) is 4. The quantitative estimate of drug-likeness (QED) is 0.200. The van der Waals surface area contributed by atoms with E-state index in [1.807, 2.05) is 4.90 Å². The van der Waals surface area contributed by atoms with Gasteiger partial charge in [0.15, 0.2) is 0 Å². The van der Waals surface area contributed by atoms with Crippen LogP contribution < -0.4 is 5.32 Å². The van der Waals surface area contributed by atoms with Crippen LogP contribution in [-0.4, -0.2) is 157 Å². The fourth-order valence-corrected chi connectivity index (χ4v) is 3.73. The van der Waals surface area contributed by atoms with Crippen LogP contribution in [0.25, 0.3) is 0 Å². The van der Waals surface area contributed by atoms with Crippen LogP contribution in [0.15, 0.2) is 0 Å². The Morgan fingerprint density at radius 2 is 1.03 bits per heavy atom. The second kappa shape index (κ2) is 18.0. The molecule has 1 saturated heterocycles. The van der Waals surface area contributed by atoms with E-state index in [2.05, 4.69) is 19.2 Å². The molecule has 0 spiro atoms. The zero-order valence-electron chi connectivity index (χ0n) is 21.6. The van der Waals surface area contributed by atoms with Gasteiger partial charge >= 0.3 is 17.9 Å². The van der Waals surface area contributed by atoms with Crippen LogP contribution in [0.1, 0.15) is 20.3 Å². The van der Waals surface area contributed by atoms with Crippen molar-refractivity contribution in [1.82, 2.24) is 24.9 Å². The Bertz CT molecular complexity index is 661. The summed E-state index contributed by atoms with van der Waals surface area (Å²) in [5, 5.41) is 30.6. The number of hydrogen-bond donors (Lipinski definition) is 4. The van der Waals surface area contributed by atoms with Gasteiger partial charge in [0.1, 0.15) is 0 Å². The number of carboxylic acid groups (broad SMARTS) is 3. The van der Waals surface area contributed by atoms with E-state index in [1.54, 1.807) is 14.7 Å². The molecular weight excluding hydrogens is 474 g/mol. The lowest BCUT2D eigenvalue weighted by atomic mass is 10.1. The van der Waals surface area contributed by atoms with Gasteiger partial charge in [0, 0.05) is 65.5 Å². The number of carbonyl (C=O) groups is 4. The first-order valence-corrected chi connectivity index (χ1v) is 12.4. The van der Waals surface area contributed by atoms with E-state index in [0.717, 1.165) is 6.42 Å². The molecule has 13 heteroatoms. The molecule has 0 atom stereocenters. The smallest absolute Gasteiger partial charge is 0.317 e. The highest BCUT2D eigenvalue weighted by atomic mass is 16.5. The van der Waals surface area contributed by atoms with Gasteiger partial charge in [0.2, 0.25) is 5.91 Å². The lowest BCUT2D eigenvalue weighted by Crippen LogP contribution is -2.50. The third-order valence-corrected chi connectivity index (χ3v) is 5.78. The topological polar surface area (TPSA) is 163 Å². The highest BCUT2D eigenvalue weighted by Crippen LogP contribution is 2.02. The molecule has 1 rings (SSSR count). The van der Waals surface area contributed by atoms with Crippen LogP contribution in [0, 0.1) is 5.92 Å². The second-order valence-corrected chi connectivity index (χ2v) is 9.43. The van der Waals surface area contributed by atoms with Crippen molar-refractivity contribution in [2.24, 2.45) is 5.92 Å². The van der Waals surface area contributed by atoms with Crippen molar-refractivity contribution in [2.45, 2.75) is 20.3 Å². The molecule has 1 amide bonds. The van der Waals surface area contributed by atoms with Gasteiger partial charge in [-0.2, -0.15) is 0 Å². The molecule has 0 bridgehead atoms. The summed E-state index contributed by atoms with van der Waals surface area (Å²) in [7, 11) is 0. The minimum Gasteiger partial charge on any atom is -0.480 e. The molecule has 36 heavy (non-hydrogen) atoms. The highest BCUT2D eigenvalue weighted by Gasteiger charge is 2.21. The molecule has 1 heterocycles. The maximum atomic E-state index is 12.5. The number of nitrogens with one attached hydrogen (secondary N) is 1. The van der Waals surface area contributed by atoms with E-state index in [0.29, 0.717) is 78.0 Å². The van der Waals surface area contributed by atoms with Gasteiger partial charge in [0.05, 0.1) is 32.8 Å². The van der Waals surface area contributed by atoms with Gasteiger partial charge in [-0.15, -0.1) is 0 Å². The molecule has 0 aromatic heterocycles. The first-order valence-electron chi connectivity index (χ1n) is 12.4. The first kappa shape index (κ1) is 31.7. The van der Waals surface area contributed by atoms with Crippen molar-refractivity contribution in [3.05, 3.63) is 0 Å². The SMILES string of the molecule is CC(C)CCOCCNC(=O)CN1CCN(CC(=O)O)CCN(CC(=O)O)CCN(CC(=O)O)CC1. The molecule has 0 radical (unpaired) electrons. The van der Waals surface area contributed by atoms with E-state index in [-0.39, 0.29) is 32.1 Å². The molecule has 0 unspecified atom stereocenters. The third-order valence-electron chi connectivity index (χ3n) is 5.78. The van der Waals surface area contributed by atoms with Crippen molar-refractivity contribution in [3.63, 3.8) is 0 Å². The lowest BCUT2D eigenvalue weighted by molar-refractivity contribution is -0.140. The normalized spacial score (nSPS) is 17.9. The molecular formula is C23H43N5O8. The number of hydrogen-bond acceptors (Lipinski definition) is 9. The monoisotopic (exact) mass is 517 g/mol. The van der Waals surface area contributed by atoms with Crippen LogP contribution in [0.4, 0.5) is 0 Å². The predicted molar refractivity (Wildman–Crippen MR) is 132 cm³/mol. The van der Waals surface area contributed by atoms with Crippen LogP contribution in [0.3, 0.4) is 0 Å². The minimum atomic E-state index is -1.00. The minimum absolute atomic E-state index is 0.0962. The van der Waals surface area contributed by atoms with Crippen LogP contribution >= 0.6 is 0 Å². The zero-order chi connectivity index (χ0) is 26.9. The molecule has 208 valence electrons. The summed E-state index contributed by atoms with van der Waals surface area (Å²) in [6.45, 7) is 8.08. The number of carboxylic acids is 3. The third kappa shape index (κ3) is 16.4. The van der Waals surface area contributed by atoms with Gasteiger partial charge in [0.25, 0.3) is 0 Å². The van der Waals surface area contributed by atoms with Crippen molar-refractivity contribution >= 4 is 23.8 Å². The molecule has 0 saturated carbocycles. The Hall–Kier alpha value is -2.32. The molecule has 0 aromatic rings. The number of rotatable bonds is 14. The Labute approximate surface area is 212 Å². The number of aliphatic carboxylic acids is 3. The standard InChI is InChI=1S/C23H43N5O8/c1-19(2)3-13-36-14-4-24-20(29)15-25-5-7-26(16-21(30)31)9-11-28(18-23(34)35)12-10-27(8-6-25)17-22(32)33/h19H,3-18H2,1-2H3,(H,24,29)(H,30,31)(H,32,33)(H,34,35). The fourth-order valence-electron chi connectivity index (χ4n) is 3.73. The van der Waals surface area contributed by atoms with Crippen molar-refractivity contribution in [2.75, 3.05) is 98.3 Å². The van der Waals surface area contributed by atoms with Crippen molar-refractivity contribution < 1.29 is 39.2 Å². The maximum absolute atomic E-state index is 12.5. The molecule has 1 fully saturated rings. The van der Waals surface area contributed by atoms with Crippen molar-refractivity contribution in [3.8, 4) is 0 Å². The summed E-state index contributed by atoms with van der Waals surface area (Å²) < 4.78 is 5.52. The summed E-state index contributed by atoms with van der Waals surface area (Å²) in [5.41, 5.74) is 0. The van der Waals surface area contributed by atoms with Crippen molar-refractivity contribution in [1.29, 1.82) is 0 Å². The number of ether oxygens (including phenoxy) is 1. The van der Waals surface area contributed by atoms with E-state index in [9.17, 15) is 34.5 Å². The zero-order valence-corrected chi connectivity index (χ0v) is 21.6. The van der Waals surface area contributed by atoms with Gasteiger partial charge in [-0.25, -0.2) is 0 Å². The Balaban J connectivity index is 2.76. The maximum Gasteiger partial charge on any atom is 0.317 e. The summed E-state index contributed by atoms with van der Waals surface area (Å²) in [4.78, 5) is 53.4.